The fraction of sp³-hybridized carbons (Fsp3) is 0.647. The number of pyridine rings is 1. The second-order valence-electron chi connectivity index (χ2n) is 5.45. The van der Waals surface area contributed by atoms with E-state index in [1.54, 1.807) is 18.5 Å². The van der Waals surface area contributed by atoms with Gasteiger partial charge in [0.05, 0.1) is 12.8 Å². The molecular weight excluding hydrogens is 264 g/mol. The molecule has 0 aliphatic carbocycles. The van der Waals surface area contributed by atoms with Crippen LogP contribution >= 0.6 is 0 Å². The molecule has 4 heteroatoms. The Balaban J connectivity index is 2.54. The molecule has 1 unspecified atom stereocenters. The van der Waals surface area contributed by atoms with E-state index in [9.17, 15) is 4.79 Å². The highest BCUT2D eigenvalue weighted by atomic mass is 16.5. The summed E-state index contributed by atoms with van der Waals surface area (Å²) in [5, 5.41) is 0. The van der Waals surface area contributed by atoms with Crippen molar-refractivity contribution in [3.63, 3.8) is 0 Å². The Kier molecular flexibility index (Phi) is 8.67. The van der Waals surface area contributed by atoms with Gasteiger partial charge in [-0.15, -0.1) is 0 Å². The maximum absolute atomic E-state index is 12.3. The monoisotopic (exact) mass is 292 g/mol. The van der Waals surface area contributed by atoms with Crippen molar-refractivity contribution in [2.75, 3.05) is 13.2 Å². The van der Waals surface area contributed by atoms with Gasteiger partial charge in [0.15, 0.2) is 5.78 Å². The molecule has 1 rings (SSSR count). The average molecular weight is 292 g/mol. The number of ether oxygens (including phenoxy) is 1. The molecule has 0 saturated carbocycles. The zero-order chi connectivity index (χ0) is 15.5. The summed E-state index contributed by atoms with van der Waals surface area (Å²) in [6, 6.07) is 1.79. The van der Waals surface area contributed by atoms with Crippen molar-refractivity contribution in [1.29, 1.82) is 0 Å². The van der Waals surface area contributed by atoms with Gasteiger partial charge in [-0.2, -0.15) is 0 Å². The summed E-state index contributed by atoms with van der Waals surface area (Å²) < 4.78 is 5.52. The molecule has 0 bridgehead atoms. The Morgan fingerprint density at radius 3 is 2.71 bits per heavy atom. The third-order valence-electron chi connectivity index (χ3n) is 3.56. The zero-order valence-corrected chi connectivity index (χ0v) is 13.3. The minimum absolute atomic E-state index is 0.141. The predicted octanol–water partition coefficient (Wildman–Crippen LogP) is 3.60. The van der Waals surface area contributed by atoms with Crippen LogP contribution in [0.3, 0.4) is 0 Å². The summed E-state index contributed by atoms with van der Waals surface area (Å²) in [4.78, 5) is 16.3. The molecule has 0 saturated heterocycles. The van der Waals surface area contributed by atoms with E-state index >= 15 is 0 Å². The van der Waals surface area contributed by atoms with Crippen LogP contribution in [-0.4, -0.2) is 23.9 Å². The van der Waals surface area contributed by atoms with Crippen LogP contribution in [0.1, 0.15) is 62.7 Å². The van der Waals surface area contributed by atoms with Crippen molar-refractivity contribution in [3.05, 3.63) is 24.0 Å². The smallest absolute Gasteiger partial charge is 0.164 e. The van der Waals surface area contributed by atoms with Crippen LogP contribution in [-0.2, 0) is 0 Å². The first kappa shape index (κ1) is 17.6. The number of nitrogens with zero attached hydrogens (tertiary/aromatic N) is 1. The van der Waals surface area contributed by atoms with E-state index in [0.717, 1.165) is 32.1 Å². The Labute approximate surface area is 128 Å². The second-order valence-corrected chi connectivity index (χ2v) is 5.45. The van der Waals surface area contributed by atoms with Crippen molar-refractivity contribution in [2.24, 2.45) is 11.7 Å². The summed E-state index contributed by atoms with van der Waals surface area (Å²) in [5.74, 6) is 1.37. The summed E-state index contributed by atoms with van der Waals surface area (Å²) in [5.41, 5.74) is 6.28. The molecule has 0 aliphatic rings. The largest absolute Gasteiger partial charge is 0.492 e. The van der Waals surface area contributed by atoms with Gasteiger partial charge >= 0.3 is 0 Å². The summed E-state index contributed by atoms with van der Waals surface area (Å²) >= 11 is 0. The average Bonchev–Trinajstić information content (AvgIpc) is 2.51. The number of Topliss-reactive ketones (excluding diaryl/α,β-unsaturated/α-hetero) is 1. The zero-order valence-electron chi connectivity index (χ0n) is 13.3. The highest BCUT2D eigenvalue weighted by Gasteiger charge is 2.12. The maximum atomic E-state index is 12.3. The van der Waals surface area contributed by atoms with E-state index in [0.29, 0.717) is 36.8 Å². The van der Waals surface area contributed by atoms with Gasteiger partial charge in [0.2, 0.25) is 0 Å². The number of ketones is 1. The lowest BCUT2D eigenvalue weighted by molar-refractivity contribution is 0.0971. The summed E-state index contributed by atoms with van der Waals surface area (Å²) in [6.45, 7) is 5.56. The molecule has 4 nitrogen and oxygen atoms in total. The van der Waals surface area contributed by atoms with Crippen molar-refractivity contribution in [2.45, 2.75) is 52.4 Å². The van der Waals surface area contributed by atoms with Crippen molar-refractivity contribution >= 4 is 5.78 Å². The number of aromatic nitrogens is 1. The maximum Gasteiger partial charge on any atom is 0.164 e. The topological polar surface area (TPSA) is 65.2 Å². The molecule has 0 aromatic carbocycles. The Morgan fingerprint density at radius 1 is 1.24 bits per heavy atom. The first-order chi connectivity index (χ1) is 10.2. The van der Waals surface area contributed by atoms with Crippen molar-refractivity contribution in [1.82, 2.24) is 4.98 Å². The van der Waals surface area contributed by atoms with Crippen LogP contribution in [0.15, 0.2) is 18.5 Å². The van der Waals surface area contributed by atoms with Gasteiger partial charge in [-0.3, -0.25) is 9.78 Å². The molecule has 2 N–H and O–H groups in total. The normalized spacial score (nSPS) is 12.1. The highest BCUT2D eigenvalue weighted by molar-refractivity contribution is 5.96. The minimum Gasteiger partial charge on any atom is -0.492 e. The molecule has 1 atom stereocenters. The third-order valence-corrected chi connectivity index (χ3v) is 3.56. The number of carbonyl (C=O) groups is 1. The standard InChI is InChI=1S/C17H28N2O2/c1-3-5-14(8-9-18)6-7-17(20)15-11-16(13-19-12-15)21-10-4-2/h11-14H,3-10,18H2,1-2H3. The van der Waals surface area contributed by atoms with E-state index in [2.05, 4.69) is 11.9 Å². The molecule has 0 spiro atoms. The van der Waals surface area contributed by atoms with Crippen LogP contribution in [0.5, 0.6) is 5.75 Å². The molecule has 1 aromatic heterocycles. The molecule has 0 aliphatic heterocycles. The number of rotatable bonds is 11. The third kappa shape index (κ3) is 6.71. The minimum atomic E-state index is 0.141. The van der Waals surface area contributed by atoms with Crippen LogP contribution in [0.4, 0.5) is 0 Å². The molecule has 21 heavy (non-hydrogen) atoms. The first-order valence-corrected chi connectivity index (χ1v) is 8.02. The Hall–Kier alpha value is -1.42. The van der Waals surface area contributed by atoms with Crippen LogP contribution in [0, 0.1) is 5.92 Å². The fourth-order valence-electron chi connectivity index (χ4n) is 2.43. The van der Waals surface area contributed by atoms with Gasteiger partial charge in [0, 0.05) is 18.2 Å². The quantitative estimate of drug-likeness (QED) is 0.633. The molecule has 1 heterocycles. The number of hydrogen-bond donors (Lipinski definition) is 1. The molecule has 0 radical (unpaired) electrons. The Morgan fingerprint density at radius 2 is 2.05 bits per heavy atom. The summed E-state index contributed by atoms with van der Waals surface area (Å²) in [6.07, 6.45) is 8.96. The molecule has 0 amide bonds. The predicted molar refractivity (Wildman–Crippen MR) is 85.7 cm³/mol. The van der Waals surface area contributed by atoms with Crippen LogP contribution in [0.25, 0.3) is 0 Å². The van der Waals surface area contributed by atoms with E-state index in [1.807, 2.05) is 6.92 Å². The highest BCUT2D eigenvalue weighted by Crippen LogP contribution is 2.20. The lowest BCUT2D eigenvalue weighted by Gasteiger charge is -2.14. The lowest BCUT2D eigenvalue weighted by atomic mass is 9.92. The van der Waals surface area contributed by atoms with Gasteiger partial charge in [0.25, 0.3) is 0 Å². The molecule has 0 fully saturated rings. The fourth-order valence-corrected chi connectivity index (χ4v) is 2.43. The SMILES string of the molecule is CCCOc1cncc(C(=O)CCC(CCC)CCN)c1. The van der Waals surface area contributed by atoms with Gasteiger partial charge in [-0.05, 0) is 37.8 Å². The van der Waals surface area contributed by atoms with Crippen molar-refractivity contribution < 1.29 is 9.53 Å². The molecular formula is C17H28N2O2. The van der Waals surface area contributed by atoms with E-state index in [-0.39, 0.29) is 5.78 Å². The van der Waals surface area contributed by atoms with Crippen LogP contribution in [0.2, 0.25) is 0 Å². The van der Waals surface area contributed by atoms with E-state index < -0.39 is 0 Å². The summed E-state index contributed by atoms with van der Waals surface area (Å²) in [7, 11) is 0. The van der Waals surface area contributed by atoms with Gasteiger partial charge in [-0.25, -0.2) is 0 Å². The van der Waals surface area contributed by atoms with Gasteiger partial charge in [-0.1, -0.05) is 26.7 Å². The van der Waals surface area contributed by atoms with Gasteiger partial charge < -0.3 is 10.5 Å². The first-order valence-electron chi connectivity index (χ1n) is 8.02. The second kappa shape index (κ2) is 10.3. The number of carbonyl (C=O) groups excluding carboxylic acids is 1. The Bertz CT molecular complexity index is 415. The van der Waals surface area contributed by atoms with Crippen molar-refractivity contribution in [3.8, 4) is 5.75 Å². The van der Waals surface area contributed by atoms with E-state index in [1.165, 1.54) is 0 Å². The molecule has 1 aromatic rings. The lowest BCUT2D eigenvalue weighted by Crippen LogP contribution is -2.11. The van der Waals surface area contributed by atoms with E-state index in [4.69, 9.17) is 10.5 Å². The van der Waals surface area contributed by atoms with Crippen LogP contribution < -0.4 is 10.5 Å². The number of hydrogen-bond acceptors (Lipinski definition) is 4. The molecule has 118 valence electrons. The van der Waals surface area contributed by atoms with Gasteiger partial charge in [0.1, 0.15) is 5.75 Å². The number of nitrogens with two attached hydrogens (primary N) is 1.